The summed E-state index contributed by atoms with van der Waals surface area (Å²) in [4.78, 5) is 0. The summed E-state index contributed by atoms with van der Waals surface area (Å²) in [7, 11) is 1.85. The topological polar surface area (TPSA) is 56.5 Å². The molecule has 1 aliphatic heterocycles. The number of hydrogen-bond acceptors (Lipinski definition) is 4. The molecule has 1 aromatic heterocycles. The number of aliphatic hydroxyl groups is 1. The number of halogens is 1. The summed E-state index contributed by atoms with van der Waals surface area (Å²) in [5.74, 6) is 1.15. The predicted molar refractivity (Wildman–Crippen MR) is 78.9 cm³/mol. The molecule has 1 aromatic carbocycles. The molecule has 2 aromatic rings. The number of hydrogen-bond donors (Lipinski definition) is 1. The molecule has 0 amide bonds. The van der Waals surface area contributed by atoms with Crippen molar-refractivity contribution in [2.75, 3.05) is 13.2 Å². The fourth-order valence-electron chi connectivity index (χ4n) is 2.33. The van der Waals surface area contributed by atoms with Crippen LogP contribution in [0, 0.1) is 0 Å². The van der Waals surface area contributed by atoms with Crippen molar-refractivity contribution in [3.05, 3.63) is 40.7 Å². The second-order valence-electron chi connectivity index (χ2n) is 5.08. The Kier molecular flexibility index (Phi) is 4.03. The minimum Gasteiger partial charge on any atom is -0.489 e. The van der Waals surface area contributed by atoms with E-state index in [-0.39, 0.29) is 0 Å². The number of benzene rings is 1. The van der Waals surface area contributed by atoms with Gasteiger partial charge < -0.3 is 14.6 Å². The summed E-state index contributed by atoms with van der Waals surface area (Å²) in [5, 5.41) is 15.1. The highest BCUT2D eigenvalue weighted by Crippen LogP contribution is 2.39. The largest absolute Gasteiger partial charge is 0.489 e. The zero-order valence-corrected chi connectivity index (χ0v) is 12.5. The van der Waals surface area contributed by atoms with Gasteiger partial charge in [0, 0.05) is 26.1 Å². The molecular formula is C15H17ClN2O3. The first-order chi connectivity index (χ1) is 10.1. The Labute approximate surface area is 128 Å². The van der Waals surface area contributed by atoms with Crippen molar-refractivity contribution in [2.45, 2.75) is 18.9 Å². The highest BCUT2D eigenvalue weighted by Gasteiger charge is 2.19. The van der Waals surface area contributed by atoms with Crippen molar-refractivity contribution < 1.29 is 14.6 Å². The van der Waals surface area contributed by atoms with Gasteiger partial charge in [-0.3, -0.25) is 4.68 Å². The van der Waals surface area contributed by atoms with Gasteiger partial charge in [0.25, 0.3) is 0 Å². The van der Waals surface area contributed by atoms with E-state index >= 15 is 0 Å². The van der Waals surface area contributed by atoms with E-state index in [4.69, 9.17) is 21.1 Å². The van der Waals surface area contributed by atoms with Gasteiger partial charge in [0.1, 0.15) is 0 Å². The van der Waals surface area contributed by atoms with Crippen molar-refractivity contribution in [1.82, 2.24) is 9.78 Å². The number of fused-ring (bicyclic) bond motifs is 1. The Morgan fingerprint density at radius 1 is 1.38 bits per heavy atom. The first-order valence-corrected chi connectivity index (χ1v) is 7.27. The zero-order chi connectivity index (χ0) is 14.8. The minimum absolute atomic E-state index is 0.427. The van der Waals surface area contributed by atoms with Gasteiger partial charge in [-0.15, -0.1) is 0 Å². The molecule has 0 spiro atoms. The number of aliphatic hydroxyl groups excluding tert-OH is 1. The summed E-state index contributed by atoms with van der Waals surface area (Å²) in [6, 6.07) is 5.40. The molecule has 0 bridgehead atoms. The van der Waals surface area contributed by atoms with Crippen LogP contribution in [0.3, 0.4) is 0 Å². The third kappa shape index (κ3) is 3.14. The van der Waals surface area contributed by atoms with Crippen LogP contribution >= 0.6 is 11.6 Å². The molecular weight excluding hydrogens is 292 g/mol. The molecule has 1 atom stereocenters. The lowest BCUT2D eigenvalue weighted by Crippen LogP contribution is -2.04. The second kappa shape index (κ2) is 5.95. The van der Waals surface area contributed by atoms with E-state index in [2.05, 4.69) is 5.10 Å². The lowest BCUT2D eigenvalue weighted by molar-refractivity contribution is 0.176. The number of nitrogens with zero attached hydrogens (tertiary/aromatic N) is 2. The van der Waals surface area contributed by atoms with Gasteiger partial charge in [0.2, 0.25) is 0 Å². The van der Waals surface area contributed by atoms with Crippen LogP contribution in [0.15, 0.2) is 24.4 Å². The molecule has 1 aliphatic rings. The van der Waals surface area contributed by atoms with Crippen LogP contribution in [0.2, 0.25) is 5.02 Å². The predicted octanol–water partition coefficient (Wildman–Crippen LogP) is 2.51. The maximum Gasteiger partial charge on any atom is 0.179 e. The van der Waals surface area contributed by atoms with Crippen molar-refractivity contribution >= 4 is 11.6 Å². The van der Waals surface area contributed by atoms with Gasteiger partial charge in [-0.25, -0.2) is 0 Å². The Bertz CT molecular complexity index is 642. The third-order valence-electron chi connectivity index (χ3n) is 3.38. The van der Waals surface area contributed by atoms with Crippen LogP contribution in [0.25, 0.3) is 0 Å². The van der Waals surface area contributed by atoms with E-state index in [0.717, 1.165) is 12.1 Å². The lowest BCUT2D eigenvalue weighted by atomic mass is 10.0. The molecule has 0 radical (unpaired) electrons. The van der Waals surface area contributed by atoms with E-state index in [1.165, 1.54) is 0 Å². The summed E-state index contributed by atoms with van der Waals surface area (Å²) in [6.45, 7) is 1.17. The fourth-order valence-corrected chi connectivity index (χ4v) is 2.60. The molecule has 3 rings (SSSR count). The van der Waals surface area contributed by atoms with E-state index in [1.54, 1.807) is 16.8 Å². The molecule has 21 heavy (non-hydrogen) atoms. The third-order valence-corrected chi connectivity index (χ3v) is 3.66. The zero-order valence-electron chi connectivity index (χ0n) is 11.8. The number of aryl methyl sites for hydroxylation is 1. The van der Waals surface area contributed by atoms with E-state index in [1.807, 2.05) is 19.3 Å². The fraction of sp³-hybridized carbons (Fsp3) is 0.400. The Balaban J connectivity index is 1.84. The molecule has 1 unspecified atom stereocenters. The Morgan fingerprint density at radius 2 is 2.19 bits per heavy atom. The van der Waals surface area contributed by atoms with Crippen LogP contribution in [0.5, 0.6) is 11.5 Å². The Hall–Kier alpha value is -1.72. The van der Waals surface area contributed by atoms with Crippen molar-refractivity contribution in [3.8, 4) is 11.5 Å². The second-order valence-corrected chi connectivity index (χ2v) is 5.49. The summed E-state index contributed by atoms with van der Waals surface area (Å²) >= 11 is 6.24. The Morgan fingerprint density at radius 3 is 2.95 bits per heavy atom. The maximum atomic E-state index is 10.4. The van der Waals surface area contributed by atoms with Gasteiger partial charge in [0.15, 0.2) is 11.5 Å². The van der Waals surface area contributed by atoms with Crippen molar-refractivity contribution in [3.63, 3.8) is 0 Å². The first-order valence-electron chi connectivity index (χ1n) is 6.89. The molecule has 0 saturated heterocycles. The summed E-state index contributed by atoms with van der Waals surface area (Å²) in [5.41, 5.74) is 1.53. The SMILES string of the molecule is Cn1ccc(CC(O)c2cc(Cl)c3c(c2)OCCCO3)n1. The maximum absolute atomic E-state index is 10.4. The molecule has 0 fully saturated rings. The average molecular weight is 309 g/mol. The van der Waals surface area contributed by atoms with Gasteiger partial charge in [-0.05, 0) is 23.8 Å². The molecule has 5 nitrogen and oxygen atoms in total. The molecule has 0 aliphatic carbocycles. The van der Waals surface area contributed by atoms with E-state index in [9.17, 15) is 5.11 Å². The standard InChI is InChI=1S/C15H17ClN2O3/c1-18-4-3-11(17-18)9-13(19)10-7-12(16)15-14(8-10)20-5-2-6-21-15/h3-4,7-8,13,19H,2,5-6,9H2,1H3. The van der Waals surface area contributed by atoms with Gasteiger partial charge in [-0.2, -0.15) is 5.10 Å². The average Bonchev–Trinajstić information content (AvgIpc) is 2.72. The smallest absolute Gasteiger partial charge is 0.179 e. The highest BCUT2D eigenvalue weighted by atomic mass is 35.5. The molecule has 0 saturated carbocycles. The summed E-state index contributed by atoms with van der Waals surface area (Å²) in [6.07, 6.45) is 2.41. The normalized spacial score (nSPS) is 15.6. The molecule has 1 N–H and O–H groups in total. The van der Waals surface area contributed by atoms with E-state index in [0.29, 0.717) is 41.7 Å². The number of ether oxygens (including phenoxy) is 2. The minimum atomic E-state index is -0.686. The van der Waals surface area contributed by atoms with Crippen molar-refractivity contribution in [2.24, 2.45) is 7.05 Å². The lowest BCUT2D eigenvalue weighted by Gasteiger charge is -2.15. The van der Waals surface area contributed by atoms with Crippen LogP contribution in [0.4, 0.5) is 0 Å². The van der Waals surface area contributed by atoms with Gasteiger partial charge >= 0.3 is 0 Å². The quantitative estimate of drug-likeness (QED) is 0.946. The van der Waals surface area contributed by atoms with Gasteiger partial charge in [-0.1, -0.05) is 11.6 Å². The molecule has 112 valence electrons. The number of aromatic nitrogens is 2. The van der Waals surface area contributed by atoms with Gasteiger partial charge in [0.05, 0.1) is 30.0 Å². The van der Waals surface area contributed by atoms with Crippen LogP contribution in [-0.4, -0.2) is 28.1 Å². The first kappa shape index (κ1) is 14.2. The van der Waals surface area contributed by atoms with Crippen LogP contribution < -0.4 is 9.47 Å². The van der Waals surface area contributed by atoms with Crippen molar-refractivity contribution in [1.29, 1.82) is 0 Å². The summed E-state index contributed by atoms with van der Waals surface area (Å²) < 4.78 is 12.9. The van der Waals surface area contributed by atoms with E-state index < -0.39 is 6.10 Å². The number of rotatable bonds is 3. The van der Waals surface area contributed by atoms with Crippen LogP contribution in [0.1, 0.15) is 23.8 Å². The highest BCUT2D eigenvalue weighted by molar-refractivity contribution is 6.32. The molecule has 2 heterocycles. The monoisotopic (exact) mass is 308 g/mol. The van der Waals surface area contributed by atoms with Crippen LogP contribution in [-0.2, 0) is 13.5 Å². The molecule has 6 heteroatoms.